The first kappa shape index (κ1) is 18.7. The number of nitrogens with zero attached hydrogens (tertiary/aromatic N) is 2. The molecule has 0 aliphatic rings. The first-order valence-corrected chi connectivity index (χ1v) is 9.17. The third kappa shape index (κ3) is 4.07. The van der Waals surface area contributed by atoms with Crippen molar-refractivity contribution in [1.82, 2.24) is 9.13 Å². The minimum Gasteiger partial charge on any atom is -0.494 e. The Morgan fingerprint density at radius 1 is 0.708 bits per heavy atom. The Bertz CT molecular complexity index is 627. The largest absolute Gasteiger partial charge is 0.494 e. The molecule has 0 saturated heterocycles. The van der Waals surface area contributed by atoms with Gasteiger partial charge in [0.1, 0.15) is 0 Å². The fraction of sp³-hybridized carbons (Fsp3) is 0.429. The van der Waals surface area contributed by atoms with Crippen molar-refractivity contribution < 1.29 is 30.6 Å². The average molecular weight is 376 g/mol. The molecule has 0 bridgehead atoms. The lowest BCUT2D eigenvalue weighted by Crippen LogP contribution is -2.06. The summed E-state index contributed by atoms with van der Waals surface area (Å²) in [5.41, 5.74) is 0. The van der Waals surface area contributed by atoms with E-state index < -0.39 is 0 Å². The highest BCUT2D eigenvalue weighted by atomic mass is 32.2. The fourth-order valence-corrected chi connectivity index (χ4v) is 3.65. The summed E-state index contributed by atoms with van der Waals surface area (Å²) in [5, 5.41) is 57.7. The number of hydrogen-bond acceptors (Lipinski definition) is 8. The minimum atomic E-state index is -0.144. The Kier molecular flexibility index (Phi) is 6.60. The number of hydrogen-bond donors (Lipinski definition) is 6. The number of thioether (sulfide) groups is 2. The molecule has 0 atom stereocenters. The van der Waals surface area contributed by atoms with Gasteiger partial charge in [-0.1, -0.05) is 0 Å². The van der Waals surface area contributed by atoms with Crippen LogP contribution in [0.4, 0.5) is 0 Å². The van der Waals surface area contributed by atoms with E-state index in [9.17, 15) is 20.4 Å². The van der Waals surface area contributed by atoms with Gasteiger partial charge in [-0.05, 0) is 0 Å². The summed E-state index contributed by atoms with van der Waals surface area (Å²) in [6.07, 6.45) is 0. The molecule has 6 N–H and O–H groups in total. The van der Waals surface area contributed by atoms with Crippen LogP contribution in [-0.4, -0.2) is 64.5 Å². The first-order valence-electron chi connectivity index (χ1n) is 7.19. The quantitative estimate of drug-likeness (QED) is 0.357. The molecule has 2 aromatic rings. The van der Waals surface area contributed by atoms with Crippen LogP contribution in [0.5, 0.6) is 23.5 Å². The van der Waals surface area contributed by atoms with Crippen LogP contribution in [-0.2, 0) is 13.1 Å². The summed E-state index contributed by atoms with van der Waals surface area (Å²) in [4.78, 5) is 0.892. The van der Waals surface area contributed by atoms with Crippen molar-refractivity contribution in [2.75, 3.05) is 24.7 Å². The highest BCUT2D eigenvalue weighted by molar-refractivity contribution is 7.99. The summed E-state index contributed by atoms with van der Waals surface area (Å²) in [6, 6.07) is 2.79. The molecule has 0 unspecified atom stereocenters. The van der Waals surface area contributed by atoms with Gasteiger partial charge in [0.25, 0.3) is 0 Å². The smallest absolute Gasteiger partial charge is 0.208 e. The molecule has 10 heteroatoms. The van der Waals surface area contributed by atoms with E-state index in [4.69, 9.17) is 10.2 Å². The van der Waals surface area contributed by atoms with Crippen molar-refractivity contribution in [3.8, 4) is 23.5 Å². The first-order chi connectivity index (χ1) is 11.5. The van der Waals surface area contributed by atoms with Gasteiger partial charge in [-0.3, -0.25) is 9.13 Å². The van der Waals surface area contributed by atoms with E-state index in [1.807, 2.05) is 0 Å². The van der Waals surface area contributed by atoms with Crippen molar-refractivity contribution >= 4 is 23.5 Å². The molecule has 2 heterocycles. The third-order valence-corrected chi connectivity index (χ3v) is 5.27. The maximum atomic E-state index is 10.1. The van der Waals surface area contributed by atoms with Crippen molar-refractivity contribution in [3.63, 3.8) is 0 Å². The van der Waals surface area contributed by atoms with Crippen molar-refractivity contribution in [2.45, 2.75) is 22.9 Å². The predicted octanol–water partition coefficient (Wildman–Crippen LogP) is 0.981. The van der Waals surface area contributed by atoms with Crippen LogP contribution in [0.2, 0.25) is 0 Å². The van der Waals surface area contributed by atoms with Gasteiger partial charge in [0, 0.05) is 36.7 Å². The summed E-state index contributed by atoms with van der Waals surface area (Å²) in [5.74, 6) is 0.227. The normalized spacial score (nSPS) is 11.2. The molecule has 0 fully saturated rings. The van der Waals surface area contributed by atoms with E-state index in [2.05, 4.69) is 0 Å². The molecular weight excluding hydrogens is 356 g/mol. The van der Waals surface area contributed by atoms with E-state index in [0.717, 1.165) is 0 Å². The Balaban J connectivity index is 2.11. The molecule has 134 valence electrons. The lowest BCUT2D eigenvalue weighted by atomic mass is 10.5. The Hall–Kier alpha value is -1.62. The molecule has 0 amide bonds. The molecule has 0 aliphatic heterocycles. The van der Waals surface area contributed by atoms with E-state index >= 15 is 0 Å². The second kappa shape index (κ2) is 8.47. The van der Waals surface area contributed by atoms with Crippen molar-refractivity contribution in [1.29, 1.82) is 0 Å². The maximum absolute atomic E-state index is 10.1. The van der Waals surface area contributed by atoms with Crippen LogP contribution in [0.25, 0.3) is 0 Å². The zero-order valence-electron chi connectivity index (χ0n) is 12.8. The molecule has 0 spiro atoms. The topological polar surface area (TPSA) is 131 Å². The molecule has 8 nitrogen and oxygen atoms in total. The second-order valence-electron chi connectivity index (χ2n) is 4.83. The SMILES string of the molecule is OCCSc1cc(O)n(CCn2c(O)cc(SCCO)c2O)c1O. The minimum absolute atomic E-state index is 0.0462. The highest BCUT2D eigenvalue weighted by Crippen LogP contribution is 2.37. The number of rotatable bonds is 9. The molecule has 0 radical (unpaired) electrons. The molecule has 2 aromatic heterocycles. The third-order valence-electron chi connectivity index (χ3n) is 3.27. The van der Waals surface area contributed by atoms with Crippen molar-refractivity contribution in [2.24, 2.45) is 0 Å². The van der Waals surface area contributed by atoms with Crippen molar-refractivity contribution in [3.05, 3.63) is 12.1 Å². The summed E-state index contributed by atoms with van der Waals surface area (Å²) < 4.78 is 2.50. The lowest BCUT2D eigenvalue weighted by Gasteiger charge is -2.10. The van der Waals surface area contributed by atoms with Gasteiger partial charge >= 0.3 is 0 Å². The predicted molar refractivity (Wildman–Crippen MR) is 91.1 cm³/mol. The van der Waals surface area contributed by atoms with E-state index in [1.165, 1.54) is 44.8 Å². The Labute approximate surface area is 147 Å². The zero-order chi connectivity index (χ0) is 17.7. The molecule has 0 saturated carbocycles. The summed E-state index contributed by atoms with van der Waals surface area (Å²) >= 11 is 2.42. The monoisotopic (exact) mass is 376 g/mol. The van der Waals surface area contributed by atoms with Crippen LogP contribution in [0.1, 0.15) is 0 Å². The van der Waals surface area contributed by atoms with Gasteiger partial charge in [0.2, 0.25) is 11.8 Å². The van der Waals surface area contributed by atoms with E-state index in [0.29, 0.717) is 21.3 Å². The van der Waals surface area contributed by atoms with E-state index in [-0.39, 0.29) is 49.8 Å². The molecule has 24 heavy (non-hydrogen) atoms. The zero-order valence-corrected chi connectivity index (χ0v) is 14.4. The number of aromatic hydroxyl groups is 4. The lowest BCUT2D eigenvalue weighted by molar-refractivity contribution is 0.321. The molecule has 2 rings (SSSR count). The van der Waals surface area contributed by atoms with Gasteiger partial charge in [0.15, 0.2) is 11.8 Å². The highest BCUT2D eigenvalue weighted by Gasteiger charge is 2.17. The van der Waals surface area contributed by atoms with Crippen LogP contribution in [0.3, 0.4) is 0 Å². The average Bonchev–Trinajstić information content (AvgIpc) is 2.98. The van der Waals surface area contributed by atoms with Gasteiger partial charge < -0.3 is 30.6 Å². The summed E-state index contributed by atoms with van der Waals surface area (Å²) in [7, 11) is 0. The van der Waals surface area contributed by atoms with Gasteiger partial charge in [-0.2, -0.15) is 0 Å². The molecule has 0 aromatic carbocycles. The van der Waals surface area contributed by atoms with Crippen LogP contribution in [0, 0.1) is 0 Å². The van der Waals surface area contributed by atoms with Crippen LogP contribution < -0.4 is 0 Å². The Morgan fingerprint density at radius 2 is 1.08 bits per heavy atom. The Morgan fingerprint density at radius 3 is 1.42 bits per heavy atom. The molecule has 0 aliphatic carbocycles. The van der Waals surface area contributed by atoms with Crippen LogP contribution in [0.15, 0.2) is 21.9 Å². The standard InChI is InChI=1S/C14H20N2O6S2/c17-3-5-23-9-7-11(19)15(13(9)21)1-2-16-12(20)8-10(14(16)22)24-6-4-18/h7-8,17-22H,1-6H2. The second-order valence-corrected chi connectivity index (χ2v) is 7.10. The van der Waals surface area contributed by atoms with Gasteiger partial charge in [-0.15, -0.1) is 23.5 Å². The molecular formula is C14H20N2O6S2. The maximum Gasteiger partial charge on any atom is 0.208 e. The van der Waals surface area contributed by atoms with Crippen LogP contribution >= 0.6 is 23.5 Å². The summed E-state index contributed by atoms with van der Waals surface area (Å²) in [6.45, 7) is 0.152. The van der Waals surface area contributed by atoms with Gasteiger partial charge in [-0.25, -0.2) is 0 Å². The number of aromatic nitrogens is 2. The van der Waals surface area contributed by atoms with Gasteiger partial charge in [0.05, 0.1) is 23.0 Å². The number of aliphatic hydroxyl groups is 2. The van der Waals surface area contributed by atoms with E-state index in [1.54, 1.807) is 0 Å². The number of aliphatic hydroxyl groups excluding tert-OH is 2. The fourth-order valence-electron chi connectivity index (χ4n) is 2.17.